The normalized spacial score (nSPS) is 11.6. The standard InChI is InChI=1S/C14H18ClNO6S/c1-9(2)22-13(17)8-21-14(18)11-7-10(5-6-12(11)15)23(19,20)16(3)4/h5-7,9H,8H2,1-4H3. The summed E-state index contributed by atoms with van der Waals surface area (Å²) in [7, 11) is -0.992. The van der Waals surface area contributed by atoms with E-state index in [1.807, 2.05) is 0 Å². The first-order valence-electron chi connectivity index (χ1n) is 6.64. The van der Waals surface area contributed by atoms with Crippen LogP contribution in [-0.2, 0) is 24.3 Å². The number of halogens is 1. The lowest BCUT2D eigenvalue weighted by Crippen LogP contribution is -2.23. The predicted octanol–water partition coefficient (Wildman–Crippen LogP) is 1.70. The van der Waals surface area contributed by atoms with Gasteiger partial charge in [-0.1, -0.05) is 11.6 Å². The van der Waals surface area contributed by atoms with Crippen molar-refractivity contribution in [2.24, 2.45) is 0 Å². The second kappa shape index (κ2) is 7.76. The molecule has 9 heteroatoms. The van der Waals surface area contributed by atoms with Gasteiger partial charge in [-0.15, -0.1) is 0 Å². The molecule has 23 heavy (non-hydrogen) atoms. The van der Waals surface area contributed by atoms with Gasteiger partial charge >= 0.3 is 11.9 Å². The van der Waals surface area contributed by atoms with Gasteiger partial charge in [0.2, 0.25) is 10.0 Å². The first-order valence-corrected chi connectivity index (χ1v) is 8.46. The SMILES string of the molecule is CC(C)OC(=O)COC(=O)c1cc(S(=O)(=O)N(C)C)ccc1Cl. The minimum atomic E-state index is -3.72. The van der Waals surface area contributed by atoms with Crippen molar-refractivity contribution in [1.82, 2.24) is 4.31 Å². The van der Waals surface area contributed by atoms with Crippen molar-refractivity contribution < 1.29 is 27.5 Å². The third kappa shape index (κ3) is 5.19. The Hall–Kier alpha value is -1.64. The zero-order valence-electron chi connectivity index (χ0n) is 13.2. The molecule has 0 fully saturated rings. The van der Waals surface area contributed by atoms with Crippen LogP contribution in [0.5, 0.6) is 0 Å². The van der Waals surface area contributed by atoms with E-state index < -0.39 is 28.6 Å². The van der Waals surface area contributed by atoms with E-state index >= 15 is 0 Å². The molecule has 0 unspecified atom stereocenters. The van der Waals surface area contributed by atoms with Crippen molar-refractivity contribution in [3.8, 4) is 0 Å². The Morgan fingerprint density at radius 1 is 1.26 bits per heavy atom. The van der Waals surface area contributed by atoms with Gasteiger partial charge in [0, 0.05) is 14.1 Å². The van der Waals surface area contributed by atoms with Crippen molar-refractivity contribution >= 4 is 33.6 Å². The van der Waals surface area contributed by atoms with Gasteiger partial charge in [0.05, 0.1) is 21.6 Å². The van der Waals surface area contributed by atoms with Crippen LogP contribution in [-0.4, -0.2) is 51.5 Å². The maximum atomic E-state index is 12.1. The molecule has 0 saturated carbocycles. The number of esters is 2. The fraction of sp³-hybridized carbons (Fsp3) is 0.429. The Labute approximate surface area is 140 Å². The van der Waals surface area contributed by atoms with Gasteiger partial charge in [-0.3, -0.25) is 0 Å². The van der Waals surface area contributed by atoms with Crippen LogP contribution in [0.25, 0.3) is 0 Å². The minimum absolute atomic E-state index is 0.0185. The van der Waals surface area contributed by atoms with Crippen LogP contribution in [0, 0.1) is 0 Å². The molecule has 1 rings (SSSR count). The predicted molar refractivity (Wildman–Crippen MR) is 83.8 cm³/mol. The van der Waals surface area contributed by atoms with E-state index in [1.165, 1.54) is 26.2 Å². The average molecular weight is 364 g/mol. The zero-order valence-corrected chi connectivity index (χ0v) is 14.8. The molecule has 0 saturated heterocycles. The summed E-state index contributed by atoms with van der Waals surface area (Å²) in [4.78, 5) is 23.2. The molecule has 0 atom stereocenters. The van der Waals surface area contributed by atoms with Crippen molar-refractivity contribution in [3.63, 3.8) is 0 Å². The highest BCUT2D eigenvalue weighted by Gasteiger charge is 2.22. The van der Waals surface area contributed by atoms with Crippen molar-refractivity contribution in [3.05, 3.63) is 28.8 Å². The van der Waals surface area contributed by atoms with E-state index in [-0.39, 0.29) is 21.6 Å². The van der Waals surface area contributed by atoms with Gasteiger partial charge in [-0.25, -0.2) is 22.3 Å². The Balaban J connectivity index is 2.96. The highest BCUT2D eigenvalue weighted by atomic mass is 35.5. The Kier molecular flexibility index (Phi) is 6.55. The topological polar surface area (TPSA) is 90.0 Å². The number of carbonyl (C=O) groups excluding carboxylic acids is 2. The van der Waals surface area contributed by atoms with E-state index in [9.17, 15) is 18.0 Å². The number of sulfonamides is 1. The van der Waals surface area contributed by atoms with Crippen LogP contribution in [0.15, 0.2) is 23.1 Å². The van der Waals surface area contributed by atoms with Crippen LogP contribution < -0.4 is 0 Å². The third-order valence-electron chi connectivity index (χ3n) is 2.62. The first-order chi connectivity index (χ1) is 10.6. The lowest BCUT2D eigenvalue weighted by molar-refractivity contribution is -0.150. The molecule has 0 aliphatic rings. The molecule has 0 radical (unpaired) electrons. The Morgan fingerprint density at radius 2 is 1.87 bits per heavy atom. The number of rotatable bonds is 6. The second-order valence-electron chi connectivity index (χ2n) is 5.04. The summed E-state index contributed by atoms with van der Waals surface area (Å²) in [6.07, 6.45) is -0.335. The summed E-state index contributed by atoms with van der Waals surface area (Å²) in [5.74, 6) is -1.62. The first kappa shape index (κ1) is 19.4. The maximum absolute atomic E-state index is 12.1. The third-order valence-corrected chi connectivity index (χ3v) is 4.77. The zero-order chi connectivity index (χ0) is 17.8. The van der Waals surface area contributed by atoms with Crippen LogP contribution >= 0.6 is 11.6 Å². The molecular formula is C14H18ClNO6S. The molecule has 0 spiro atoms. The molecular weight excluding hydrogens is 346 g/mol. The van der Waals surface area contributed by atoms with Gasteiger partial charge in [-0.05, 0) is 32.0 Å². The number of hydrogen-bond donors (Lipinski definition) is 0. The fourth-order valence-electron chi connectivity index (χ4n) is 1.53. The van der Waals surface area contributed by atoms with E-state index in [0.717, 1.165) is 10.4 Å². The van der Waals surface area contributed by atoms with Crippen LogP contribution in [0.1, 0.15) is 24.2 Å². The monoisotopic (exact) mass is 363 g/mol. The van der Waals surface area contributed by atoms with E-state index in [0.29, 0.717) is 0 Å². The molecule has 0 heterocycles. The Morgan fingerprint density at radius 3 is 2.39 bits per heavy atom. The van der Waals surface area contributed by atoms with Gasteiger partial charge in [0.15, 0.2) is 6.61 Å². The molecule has 7 nitrogen and oxygen atoms in total. The summed E-state index contributed by atoms with van der Waals surface area (Å²) in [6, 6.07) is 3.66. The maximum Gasteiger partial charge on any atom is 0.344 e. The minimum Gasteiger partial charge on any atom is -0.460 e. The number of ether oxygens (including phenoxy) is 2. The number of nitrogens with zero attached hydrogens (tertiary/aromatic N) is 1. The Bertz CT molecular complexity index is 699. The van der Waals surface area contributed by atoms with E-state index in [4.69, 9.17) is 21.1 Å². The van der Waals surface area contributed by atoms with Crippen LogP contribution in [0.2, 0.25) is 5.02 Å². The molecule has 1 aromatic rings. The van der Waals surface area contributed by atoms with Crippen LogP contribution in [0.3, 0.4) is 0 Å². The quantitative estimate of drug-likeness (QED) is 0.714. The van der Waals surface area contributed by atoms with Crippen molar-refractivity contribution in [2.45, 2.75) is 24.8 Å². The molecule has 128 valence electrons. The lowest BCUT2D eigenvalue weighted by Gasteiger charge is -2.13. The van der Waals surface area contributed by atoms with Crippen molar-refractivity contribution in [2.75, 3.05) is 20.7 Å². The van der Waals surface area contributed by atoms with Gasteiger partial charge in [-0.2, -0.15) is 0 Å². The second-order valence-corrected chi connectivity index (χ2v) is 7.60. The summed E-state index contributed by atoms with van der Waals surface area (Å²) in [5, 5.41) is 0.0185. The number of benzene rings is 1. The van der Waals surface area contributed by atoms with Crippen molar-refractivity contribution in [1.29, 1.82) is 0 Å². The molecule has 0 bridgehead atoms. The molecule has 0 aliphatic heterocycles. The highest BCUT2D eigenvalue weighted by Crippen LogP contribution is 2.22. The highest BCUT2D eigenvalue weighted by molar-refractivity contribution is 7.89. The van der Waals surface area contributed by atoms with E-state index in [1.54, 1.807) is 13.8 Å². The molecule has 0 amide bonds. The van der Waals surface area contributed by atoms with Gasteiger partial charge < -0.3 is 9.47 Å². The number of carbonyl (C=O) groups is 2. The van der Waals surface area contributed by atoms with E-state index in [2.05, 4.69) is 0 Å². The number of hydrogen-bond acceptors (Lipinski definition) is 6. The molecule has 0 aliphatic carbocycles. The average Bonchev–Trinajstić information content (AvgIpc) is 2.44. The summed E-state index contributed by atoms with van der Waals surface area (Å²) in [5.41, 5.74) is -0.146. The van der Waals surface area contributed by atoms with Gasteiger partial charge in [0.25, 0.3) is 0 Å². The summed E-state index contributed by atoms with van der Waals surface area (Å²) < 4.78 is 34.7. The molecule has 0 N–H and O–H groups in total. The molecule has 1 aromatic carbocycles. The van der Waals surface area contributed by atoms with Crippen LogP contribution in [0.4, 0.5) is 0 Å². The van der Waals surface area contributed by atoms with Gasteiger partial charge in [0.1, 0.15) is 0 Å². The smallest absolute Gasteiger partial charge is 0.344 e. The molecule has 0 aromatic heterocycles. The fourth-order valence-corrected chi connectivity index (χ4v) is 2.65. The largest absolute Gasteiger partial charge is 0.460 e. The summed E-state index contributed by atoms with van der Waals surface area (Å²) in [6.45, 7) is 2.73. The lowest BCUT2D eigenvalue weighted by atomic mass is 10.2. The summed E-state index contributed by atoms with van der Waals surface area (Å²) >= 11 is 5.89.